The molecule has 0 aliphatic carbocycles. The molecule has 1 unspecified atom stereocenters. The van der Waals surface area contributed by atoms with Crippen LogP contribution in [-0.2, 0) is 19.1 Å². The molecule has 27 heavy (non-hydrogen) atoms. The molecule has 0 saturated carbocycles. The summed E-state index contributed by atoms with van der Waals surface area (Å²) in [6, 6.07) is 2.99. The van der Waals surface area contributed by atoms with Crippen LogP contribution in [0.1, 0.15) is 31.1 Å². The summed E-state index contributed by atoms with van der Waals surface area (Å²) in [6.07, 6.45) is 4.65. The van der Waals surface area contributed by atoms with E-state index < -0.39 is 12.0 Å². The van der Waals surface area contributed by atoms with Crippen molar-refractivity contribution in [2.45, 2.75) is 32.2 Å². The van der Waals surface area contributed by atoms with Gasteiger partial charge in [-0.2, -0.15) is 0 Å². The monoisotopic (exact) mass is 409 g/mol. The van der Waals surface area contributed by atoms with Crippen molar-refractivity contribution in [1.29, 1.82) is 0 Å². The molecule has 1 atom stereocenters. The van der Waals surface area contributed by atoms with Crippen LogP contribution in [0.5, 0.6) is 0 Å². The van der Waals surface area contributed by atoms with Crippen LogP contribution in [-0.4, -0.2) is 53.5 Å². The first kappa shape index (κ1) is 21.0. The number of carbonyl (C=O) groups is 3. The summed E-state index contributed by atoms with van der Waals surface area (Å²) in [5.74, 6) is -1.15. The van der Waals surface area contributed by atoms with Crippen LogP contribution in [0.3, 0.4) is 0 Å². The maximum Gasteiger partial charge on any atom is 0.308 e. The van der Waals surface area contributed by atoms with Gasteiger partial charge in [0.2, 0.25) is 11.8 Å². The fourth-order valence-electron chi connectivity index (χ4n) is 2.47. The molecule has 1 aromatic heterocycles. The van der Waals surface area contributed by atoms with Gasteiger partial charge in [0.05, 0.1) is 13.0 Å². The van der Waals surface area contributed by atoms with E-state index in [2.05, 4.69) is 10.6 Å². The van der Waals surface area contributed by atoms with Crippen LogP contribution >= 0.6 is 23.6 Å². The summed E-state index contributed by atoms with van der Waals surface area (Å²) >= 11 is 6.80. The van der Waals surface area contributed by atoms with E-state index in [4.69, 9.17) is 17.0 Å². The Balaban J connectivity index is 1.93. The van der Waals surface area contributed by atoms with E-state index in [1.807, 2.05) is 24.4 Å². The number of ether oxygens (including phenoxy) is 1. The van der Waals surface area contributed by atoms with E-state index in [9.17, 15) is 14.4 Å². The van der Waals surface area contributed by atoms with Crippen LogP contribution in [0.2, 0.25) is 0 Å². The highest BCUT2D eigenvalue weighted by atomic mass is 32.1. The molecule has 146 valence electrons. The maximum absolute atomic E-state index is 12.2. The summed E-state index contributed by atoms with van der Waals surface area (Å²) < 4.78 is 5.14. The predicted molar refractivity (Wildman–Crippen MR) is 108 cm³/mol. The van der Waals surface area contributed by atoms with Gasteiger partial charge in [0.1, 0.15) is 6.04 Å². The third-order valence-electron chi connectivity index (χ3n) is 3.88. The highest BCUT2D eigenvalue weighted by molar-refractivity contribution is 7.80. The largest absolute Gasteiger partial charge is 0.466 e. The van der Waals surface area contributed by atoms with Crippen molar-refractivity contribution in [1.82, 2.24) is 15.5 Å². The van der Waals surface area contributed by atoms with Crippen molar-refractivity contribution in [3.63, 3.8) is 0 Å². The van der Waals surface area contributed by atoms with Crippen LogP contribution in [0.25, 0.3) is 6.08 Å². The van der Waals surface area contributed by atoms with E-state index in [1.165, 1.54) is 17.4 Å². The van der Waals surface area contributed by atoms with Crippen LogP contribution in [0.4, 0.5) is 0 Å². The molecule has 0 bridgehead atoms. The predicted octanol–water partition coefficient (Wildman–Crippen LogP) is 1.70. The second-order valence-electron chi connectivity index (χ2n) is 5.92. The van der Waals surface area contributed by atoms with Crippen molar-refractivity contribution in [2.24, 2.45) is 0 Å². The zero-order chi connectivity index (χ0) is 19.6. The van der Waals surface area contributed by atoms with Gasteiger partial charge in [0, 0.05) is 24.0 Å². The summed E-state index contributed by atoms with van der Waals surface area (Å²) in [7, 11) is 0. The molecule has 1 fully saturated rings. The number of unbranched alkanes of at least 4 members (excludes halogenated alkanes) is 1. The number of amides is 2. The lowest BCUT2D eigenvalue weighted by Crippen LogP contribution is -2.60. The van der Waals surface area contributed by atoms with Crippen LogP contribution in [0, 0.1) is 0 Å². The number of carbonyl (C=O) groups excluding carboxylic acids is 3. The van der Waals surface area contributed by atoms with Crippen molar-refractivity contribution < 1.29 is 19.1 Å². The van der Waals surface area contributed by atoms with E-state index in [0.717, 1.165) is 17.7 Å². The minimum atomic E-state index is -0.790. The third kappa shape index (κ3) is 6.76. The summed E-state index contributed by atoms with van der Waals surface area (Å²) in [5, 5.41) is 7.34. The Bertz CT molecular complexity index is 703. The molecular formula is C18H23N3O4S2. The molecule has 1 aliphatic heterocycles. The van der Waals surface area contributed by atoms with Gasteiger partial charge in [-0.3, -0.25) is 19.7 Å². The standard InChI is InChI=1S/C18H23N3O4S2/c1-2-3-10-25-16(23)12-14-17(24)19-8-9-21(14)18(26)20-15(22)7-6-13-5-4-11-27-13/h4-7,11,14H,2-3,8-10,12H2,1H3,(H,19,24)(H,20,22,26)/b7-6+. The number of esters is 1. The Kier molecular flexibility index (Phi) is 8.41. The van der Waals surface area contributed by atoms with Crippen LogP contribution < -0.4 is 10.6 Å². The smallest absolute Gasteiger partial charge is 0.308 e. The topological polar surface area (TPSA) is 87.7 Å². The van der Waals surface area contributed by atoms with Gasteiger partial charge in [-0.05, 0) is 36.2 Å². The van der Waals surface area contributed by atoms with Gasteiger partial charge in [0.25, 0.3) is 0 Å². The third-order valence-corrected chi connectivity index (χ3v) is 5.06. The SMILES string of the molecule is CCCCOC(=O)CC1C(=O)NCCN1C(=S)NC(=O)/C=C/c1cccs1. The number of hydrogen-bond acceptors (Lipinski definition) is 6. The first-order valence-electron chi connectivity index (χ1n) is 8.77. The molecule has 1 aliphatic rings. The average molecular weight is 410 g/mol. The average Bonchev–Trinajstić information content (AvgIpc) is 3.15. The van der Waals surface area contributed by atoms with Gasteiger partial charge in [-0.15, -0.1) is 11.3 Å². The van der Waals surface area contributed by atoms with Crippen molar-refractivity contribution >= 4 is 52.5 Å². The van der Waals surface area contributed by atoms with Crippen molar-refractivity contribution in [2.75, 3.05) is 19.7 Å². The molecule has 0 radical (unpaired) electrons. The van der Waals surface area contributed by atoms with E-state index >= 15 is 0 Å². The molecule has 2 amide bonds. The number of thiocarbonyl (C=S) groups is 1. The van der Waals surface area contributed by atoms with Gasteiger partial charge in [-0.25, -0.2) is 0 Å². The Hall–Kier alpha value is -2.26. The molecule has 0 aromatic carbocycles. The van der Waals surface area contributed by atoms with Crippen LogP contribution in [0.15, 0.2) is 23.6 Å². The lowest BCUT2D eigenvalue weighted by molar-refractivity contribution is -0.147. The second-order valence-corrected chi connectivity index (χ2v) is 7.29. The molecule has 2 heterocycles. The van der Waals surface area contributed by atoms with Gasteiger partial charge in [0.15, 0.2) is 5.11 Å². The fraction of sp³-hybridized carbons (Fsp3) is 0.444. The highest BCUT2D eigenvalue weighted by Crippen LogP contribution is 2.12. The van der Waals surface area contributed by atoms with E-state index in [-0.39, 0.29) is 23.3 Å². The molecule has 1 aromatic rings. The number of nitrogens with zero attached hydrogens (tertiary/aromatic N) is 1. The maximum atomic E-state index is 12.2. The molecule has 2 N–H and O–H groups in total. The van der Waals surface area contributed by atoms with Gasteiger partial charge < -0.3 is 15.0 Å². The van der Waals surface area contributed by atoms with Gasteiger partial charge >= 0.3 is 5.97 Å². The van der Waals surface area contributed by atoms with E-state index in [1.54, 1.807) is 11.0 Å². The Morgan fingerprint density at radius 1 is 1.52 bits per heavy atom. The number of thiophene rings is 1. The lowest BCUT2D eigenvalue weighted by Gasteiger charge is -2.36. The molecular weight excluding hydrogens is 386 g/mol. The Morgan fingerprint density at radius 2 is 2.33 bits per heavy atom. The first-order valence-corrected chi connectivity index (χ1v) is 10.1. The Morgan fingerprint density at radius 3 is 3.04 bits per heavy atom. The number of rotatable bonds is 7. The fourth-order valence-corrected chi connectivity index (χ4v) is 3.41. The minimum absolute atomic E-state index is 0.114. The van der Waals surface area contributed by atoms with Crippen molar-refractivity contribution in [3.8, 4) is 0 Å². The summed E-state index contributed by atoms with van der Waals surface area (Å²) in [6.45, 7) is 3.13. The summed E-state index contributed by atoms with van der Waals surface area (Å²) in [5.41, 5.74) is 0. The quantitative estimate of drug-likeness (QED) is 0.308. The normalized spacial score (nSPS) is 16.9. The molecule has 0 spiro atoms. The Labute approximate surface area is 167 Å². The molecule has 2 rings (SSSR count). The molecule has 1 saturated heterocycles. The van der Waals surface area contributed by atoms with Crippen molar-refractivity contribution in [3.05, 3.63) is 28.5 Å². The zero-order valence-electron chi connectivity index (χ0n) is 15.1. The number of nitrogens with one attached hydrogen (secondary N) is 2. The first-order chi connectivity index (χ1) is 13.0. The minimum Gasteiger partial charge on any atom is -0.466 e. The highest BCUT2D eigenvalue weighted by Gasteiger charge is 2.34. The lowest BCUT2D eigenvalue weighted by atomic mass is 10.1. The molecule has 9 heteroatoms. The second kappa shape index (κ2) is 10.8. The summed E-state index contributed by atoms with van der Waals surface area (Å²) in [4.78, 5) is 38.8. The number of piperazine rings is 1. The van der Waals surface area contributed by atoms with E-state index in [0.29, 0.717) is 19.7 Å². The zero-order valence-corrected chi connectivity index (χ0v) is 16.7. The molecule has 7 nitrogen and oxygen atoms in total. The number of hydrogen-bond donors (Lipinski definition) is 2. The van der Waals surface area contributed by atoms with Gasteiger partial charge in [-0.1, -0.05) is 19.4 Å².